The van der Waals surface area contributed by atoms with E-state index >= 15 is 0 Å². The molecular formula is C16H14ClN3O5. The highest BCUT2D eigenvalue weighted by Gasteiger charge is 2.18. The highest BCUT2D eigenvalue weighted by atomic mass is 35.5. The maximum atomic E-state index is 12.4. The smallest absolute Gasteiger partial charge is 0.311 e. The van der Waals surface area contributed by atoms with Crippen LogP contribution in [0.1, 0.15) is 17.3 Å². The molecule has 0 atom stereocenters. The molecule has 0 radical (unpaired) electrons. The predicted octanol–water partition coefficient (Wildman–Crippen LogP) is 3.47. The summed E-state index contributed by atoms with van der Waals surface area (Å²) in [6.07, 6.45) is 0. The molecule has 0 unspecified atom stereocenters. The van der Waals surface area contributed by atoms with Gasteiger partial charge in [0.25, 0.3) is 5.91 Å². The van der Waals surface area contributed by atoms with Crippen molar-refractivity contribution in [3.63, 3.8) is 0 Å². The number of rotatable bonds is 5. The zero-order valence-corrected chi connectivity index (χ0v) is 14.1. The van der Waals surface area contributed by atoms with Gasteiger partial charge < -0.3 is 15.4 Å². The second-order valence-corrected chi connectivity index (χ2v) is 5.38. The van der Waals surface area contributed by atoms with Crippen molar-refractivity contribution >= 4 is 40.5 Å². The Morgan fingerprint density at radius 3 is 2.48 bits per heavy atom. The lowest BCUT2D eigenvalue weighted by molar-refractivity contribution is -0.385. The van der Waals surface area contributed by atoms with Gasteiger partial charge in [0.2, 0.25) is 5.91 Å². The third-order valence-corrected chi connectivity index (χ3v) is 3.50. The van der Waals surface area contributed by atoms with Crippen LogP contribution in [-0.4, -0.2) is 23.8 Å². The number of nitro groups is 1. The minimum atomic E-state index is -0.639. The summed E-state index contributed by atoms with van der Waals surface area (Å²) in [6, 6.07) is 8.42. The van der Waals surface area contributed by atoms with Crippen molar-refractivity contribution in [2.24, 2.45) is 0 Å². The topological polar surface area (TPSA) is 111 Å². The summed E-state index contributed by atoms with van der Waals surface area (Å²) in [5, 5.41) is 16.4. The molecule has 0 fully saturated rings. The van der Waals surface area contributed by atoms with Gasteiger partial charge in [-0.2, -0.15) is 0 Å². The van der Waals surface area contributed by atoms with E-state index in [-0.39, 0.29) is 33.6 Å². The van der Waals surface area contributed by atoms with Gasteiger partial charge in [-0.3, -0.25) is 19.7 Å². The van der Waals surface area contributed by atoms with E-state index in [1.165, 1.54) is 38.3 Å². The number of nitrogens with zero attached hydrogens (tertiary/aromatic N) is 1. The fourth-order valence-electron chi connectivity index (χ4n) is 2.07. The van der Waals surface area contributed by atoms with E-state index in [1.807, 2.05) is 0 Å². The molecule has 0 heterocycles. The summed E-state index contributed by atoms with van der Waals surface area (Å²) in [7, 11) is 1.30. The van der Waals surface area contributed by atoms with Crippen molar-refractivity contribution in [3.05, 3.63) is 57.1 Å². The van der Waals surface area contributed by atoms with Crippen molar-refractivity contribution in [1.82, 2.24) is 0 Å². The lowest BCUT2D eigenvalue weighted by atomic mass is 10.1. The molecule has 0 aliphatic rings. The number of carbonyl (C=O) groups excluding carboxylic acids is 2. The van der Waals surface area contributed by atoms with Crippen LogP contribution in [0.2, 0.25) is 5.02 Å². The first-order valence-corrected chi connectivity index (χ1v) is 7.40. The molecule has 0 saturated carbocycles. The summed E-state index contributed by atoms with van der Waals surface area (Å²) in [4.78, 5) is 33.9. The van der Waals surface area contributed by atoms with Crippen LogP contribution in [0, 0.1) is 10.1 Å². The van der Waals surface area contributed by atoms with Crippen LogP contribution in [0.4, 0.5) is 17.1 Å². The molecular weight excluding hydrogens is 350 g/mol. The average Bonchev–Trinajstić information content (AvgIpc) is 2.56. The summed E-state index contributed by atoms with van der Waals surface area (Å²) in [6.45, 7) is 1.35. The number of anilines is 2. The molecule has 0 saturated heterocycles. The predicted molar refractivity (Wildman–Crippen MR) is 93.4 cm³/mol. The standard InChI is InChI=1S/C16H14ClN3O5/c1-9(21)18-11-4-5-12(17)13(8-11)19-16(22)10-3-6-15(25-2)14(7-10)20(23)24/h3-8H,1-2H3,(H,18,21)(H,19,22). The monoisotopic (exact) mass is 363 g/mol. The summed E-state index contributed by atoms with van der Waals surface area (Å²) in [5.74, 6) is -0.815. The van der Waals surface area contributed by atoms with Gasteiger partial charge in [-0.15, -0.1) is 0 Å². The van der Waals surface area contributed by atoms with E-state index in [0.717, 1.165) is 6.07 Å². The van der Waals surface area contributed by atoms with Crippen LogP contribution in [0.3, 0.4) is 0 Å². The Labute approximate surface area is 147 Å². The Morgan fingerprint density at radius 2 is 1.88 bits per heavy atom. The van der Waals surface area contributed by atoms with Crippen LogP contribution in [0.25, 0.3) is 0 Å². The second-order valence-electron chi connectivity index (χ2n) is 4.97. The van der Waals surface area contributed by atoms with E-state index in [1.54, 1.807) is 6.07 Å². The zero-order valence-electron chi connectivity index (χ0n) is 13.3. The quantitative estimate of drug-likeness (QED) is 0.624. The molecule has 2 N–H and O–H groups in total. The Hall–Kier alpha value is -3.13. The number of ether oxygens (including phenoxy) is 1. The molecule has 25 heavy (non-hydrogen) atoms. The highest BCUT2D eigenvalue weighted by molar-refractivity contribution is 6.34. The van der Waals surface area contributed by atoms with Gasteiger partial charge in [0.05, 0.1) is 22.7 Å². The maximum Gasteiger partial charge on any atom is 0.311 e. The average molecular weight is 364 g/mol. The molecule has 0 aliphatic carbocycles. The number of hydrogen-bond donors (Lipinski definition) is 2. The summed E-state index contributed by atoms with van der Waals surface area (Å²) >= 11 is 6.04. The van der Waals surface area contributed by atoms with E-state index in [4.69, 9.17) is 16.3 Å². The number of hydrogen-bond acceptors (Lipinski definition) is 5. The second kappa shape index (κ2) is 7.63. The van der Waals surface area contributed by atoms with Crippen LogP contribution < -0.4 is 15.4 Å². The Kier molecular flexibility index (Phi) is 5.56. The van der Waals surface area contributed by atoms with Crippen LogP contribution >= 0.6 is 11.6 Å². The van der Waals surface area contributed by atoms with Crippen molar-refractivity contribution in [1.29, 1.82) is 0 Å². The number of amides is 2. The van der Waals surface area contributed by atoms with Crippen molar-refractivity contribution < 1.29 is 19.2 Å². The number of nitro benzene ring substituents is 1. The molecule has 0 aliphatic heterocycles. The van der Waals surface area contributed by atoms with Crippen LogP contribution in [0.5, 0.6) is 5.75 Å². The van der Waals surface area contributed by atoms with Gasteiger partial charge >= 0.3 is 5.69 Å². The molecule has 0 aromatic heterocycles. The van der Waals surface area contributed by atoms with E-state index in [2.05, 4.69) is 10.6 Å². The molecule has 2 amide bonds. The minimum Gasteiger partial charge on any atom is -0.490 e. The third kappa shape index (κ3) is 4.45. The third-order valence-electron chi connectivity index (χ3n) is 3.17. The van der Waals surface area contributed by atoms with Gasteiger partial charge in [-0.1, -0.05) is 11.6 Å². The van der Waals surface area contributed by atoms with Gasteiger partial charge in [-0.25, -0.2) is 0 Å². The fraction of sp³-hybridized carbons (Fsp3) is 0.125. The van der Waals surface area contributed by atoms with Gasteiger partial charge in [0.1, 0.15) is 0 Å². The fourth-order valence-corrected chi connectivity index (χ4v) is 2.24. The highest BCUT2D eigenvalue weighted by Crippen LogP contribution is 2.29. The Bertz CT molecular complexity index is 854. The molecule has 0 spiro atoms. The SMILES string of the molecule is COc1ccc(C(=O)Nc2cc(NC(C)=O)ccc2Cl)cc1[N+](=O)[O-]. The molecule has 130 valence electrons. The molecule has 2 aromatic rings. The summed E-state index contributed by atoms with van der Waals surface area (Å²) < 4.78 is 4.90. The summed E-state index contributed by atoms with van der Waals surface area (Å²) in [5.41, 5.74) is 0.450. The van der Waals surface area contributed by atoms with Crippen molar-refractivity contribution in [2.75, 3.05) is 17.7 Å². The molecule has 8 nitrogen and oxygen atoms in total. The Morgan fingerprint density at radius 1 is 1.16 bits per heavy atom. The van der Waals surface area contributed by atoms with Gasteiger partial charge in [0, 0.05) is 24.2 Å². The van der Waals surface area contributed by atoms with E-state index in [9.17, 15) is 19.7 Å². The van der Waals surface area contributed by atoms with Crippen molar-refractivity contribution in [2.45, 2.75) is 6.92 Å². The number of methoxy groups -OCH3 is 1. The van der Waals surface area contributed by atoms with E-state index in [0.29, 0.717) is 5.69 Å². The zero-order chi connectivity index (χ0) is 18.6. The first kappa shape index (κ1) is 18.2. The molecule has 9 heteroatoms. The van der Waals surface area contributed by atoms with Crippen LogP contribution in [-0.2, 0) is 4.79 Å². The Balaban J connectivity index is 2.29. The first-order valence-electron chi connectivity index (χ1n) is 7.02. The first-order chi connectivity index (χ1) is 11.8. The molecule has 0 bridgehead atoms. The number of benzene rings is 2. The maximum absolute atomic E-state index is 12.4. The molecule has 2 rings (SSSR count). The largest absolute Gasteiger partial charge is 0.490 e. The lowest BCUT2D eigenvalue weighted by Gasteiger charge is -2.10. The van der Waals surface area contributed by atoms with Gasteiger partial charge in [-0.05, 0) is 30.3 Å². The van der Waals surface area contributed by atoms with Crippen LogP contribution in [0.15, 0.2) is 36.4 Å². The number of carbonyl (C=O) groups is 2. The number of nitrogens with one attached hydrogen (secondary N) is 2. The lowest BCUT2D eigenvalue weighted by Crippen LogP contribution is -2.13. The normalized spacial score (nSPS) is 10.0. The molecule has 2 aromatic carbocycles. The van der Waals surface area contributed by atoms with E-state index < -0.39 is 10.8 Å². The van der Waals surface area contributed by atoms with Crippen molar-refractivity contribution in [3.8, 4) is 5.75 Å². The minimum absolute atomic E-state index is 0.0484. The number of halogens is 1. The van der Waals surface area contributed by atoms with Gasteiger partial charge in [0.15, 0.2) is 5.75 Å².